The highest BCUT2D eigenvalue weighted by molar-refractivity contribution is 7.99. The molecule has 2 nitrogen and oxygen atoms in total. The van der Waals surface area contributed by atoms with Crippen LogP contribution < -0.4 is 5.32 Å². The molecule has 4 heteroatoms. The average molecular weight is 282 g/mol. The van der Waals surface area contributed by atoms with E-state index in [9.17, 15) is 0 Å². The number of aromatic nitrogens is 1. The molecule has 1 atom stereocenters. The number of aryl methyl sites for hydroxylation is 1. The molecule has 2 heterocycles. The van der Waals surface area contributed by atoms with Gasteiger partial charge in [0.2, 0.25) is 0 Å². The maximum Gasteiger partial charge on any atom is 0.106 e. The van der Waals surface area contributed by atoms with Gasteiger partial charge in [-0.3, -0.25) is 0 Å². The Morgan fingerprint density at radius 1 is 1.28 bits per heavy atom. The number of thioether (sulfide) groups is 1. The van der Waals surface area contributed by atoms with Crippen LogP contribution in [0.2, 0.25) is 0 Å². The van der Waals surface area contributed by atoms with E-state index in [4.69, 9.17) is 4.98 Å². The number of nitrogens with zero attached hydrogens (tertiary/aromatic N) is 1. The summed E-state index contributed by atoms with van der Waals surface area (Å²) in [6.45, 7) is 3.27. The molecule has 0 amide bonds. The Bertz CT molecular complexity index is 392. The fourth-order valence-corrected chi connectivity index (χ4v) is 5.07. The molecule has 1 aliphatic heterocycles. The van der Waals surface area contributed by atoms with E-state index in [-0.39, 0.29) is 0 Å². The standard InChI is InChI=1S/C14H22N2S2/c1-2-11-13(9-15-10-6-7-10)18-14(16-11)12-5-3-4-8-17-12/h10,12,15H,2-9H2,1H3. The molecule has 1 aromatic heterocycles. The second kappa shape index (κ2) is 5.93. The Labute approximate surface area is 118 Å². The van der Waals surface area contributed by atoms with Gasteiger partial charge in [-0.25, -0.2) is 4.98 Å². The molecule has 0 bridgehead atoms. The first-order chi connectivity index (χ1) is 8.86. The van der Waals surface area contributed by atoms with Gasteiger partial charge >= 0.3 is 0 Å². The molecule has 100 valence electrons. The topological polar surface area (TPSA) is 24.9 Å². The fourth-order valence-electron chi connectivity index (χ4n) is 2.42. The van der Waals surface area contributed by atoms with Crippen LogP contribution in [0.25, 0.3) is 0 Å². The number of hydrogen-bond donors (Lipinski definition) is 1. The molecular weight excluding hydrogens is 260 g/mol. The molecule has 1 aromatic rings. The smallest absolute Gasteiger partial charge is 0.106 e. The van der Waals surface area contributed by atoms with Crippen LogP contribution in [0.15, 0.2) is 0 Å². The van der Waals surface area contributed by atoms with E-state index in [0.717, 1.165) is 19.0 Å². The summed E-state index contributed by atoms with van der Waals surface area (Å²) in [6, 6.07) is 0.796. The first-order valence-electron chi connectivity index (χ1n) is 7.20. The molecule has 2 aliphatic rings. The number of rotatable bonds is 5. The van der Waals surface area contributed by atoms with Crippen LogP contribution in [-0.2, 0) is 13.0 Å². The molecule has 3 rings (SSSR count). The minimum atomic E-state index is 0.684. The van der Waals surface area contributed by atoms with Gasteiger partial charge in [-0.1, -0.05) is 13.3 Å². The molecule has 0 aromatic carbocycles. The summed E-state index contributed by atoms with van der Waals surface area (Å²) < 4.78 is 0. The Morgan fingerprint density at radius 2 is 2.17 bits per heavy atom. The van der Waals surface area contributed by atoms with E-state index in [0.29, 0.717) is 5.25 Å². The Morgan fingerprint density at radius 3 is 2.83 bits per heavy atom. The Hall–Kier alpha value is -0.0600. The predicted molar refractivity (Wildman–Crippen MR) is 80.4 cm³/mol. The quantitative estimate of drug-likeness (QED) is 0.886. The summed E-state index contributed by atoms with van der Waals surface area (Å²) in [7, 11) is 0. The van der Waals surface area contributed by atoms with Gasteiger partial charge in [0, 0.05) is 17.5 Å². The molecule has 1 saturated carbocycles. The van der Waals surface area contributed by atoms with E-state index in [1.165, 1.54) is 53.4 Å². The minimum absolute atomic E-state index is 0.684. The lowest BCUT2D eigenvalue weighted by molar-refractivity contribution is 0.680. The molecule has 1 N–H and O–H groups in total. The third-order valence-electron chi connectivity index (χ3n) is 3.71. The first-order valence-corrected chi connectivity index (χ1v) is 9.06. The highest BCUT2D eigenvalue weighted by atomic mass is 32.2. The lowest BCUT2D eigenvalue weighted by Crippen LogP contribution is -2.15. The van der Waals surface area contributed by atoms with Crippen molar-refractivity contribution in [3.63, 3.8) is 0 Å². The van der Waals surface area contributed by atoms with Gasteiger partial charge < -0.3 is 5.32 Å². The van der Waals surface area contributed by atoms with Gasteiger partial charge in [0.15, 0.2) is 0 Å². The molecule has 18 heavy (non-hydrogen) atoms. The number of nitrogens with one attached hydrogen (secondary N) is 1. The van der Waals surface area contributed by atoms with Crippen LogP contribution in [0, 0.1) is 0 Å². The van der Waals surface area contributed by atoms with Gasteiger partial charge in [0.05, 0.1) is 10.9 Å². The molecule has 2 fully saturated rings. The third kappa shape index (κ3) is 3.09. The zero-order valence-electron chi connectivity index (χ0n) is 11.1. The molecule has 1 unspecified atom stereocenters. The van der Waals surface area contributed by atoms with Crippen molar-refractivity contribution < 1.29 is 0 Å². The first kappa shape index (κ1) is 12.9. The number of thiazole rings is 1. The Balaban J connectivity index is 1.69. The Kier molecular flexibility index (Phi) is 4.27. The van der Waals surface area contributed by atoms with Crippen molar-refractivity contribution >= 4 is 23.1 Å². The molecule has 0 radical (unpaired) electrons. The molecule has 1 saturated heterocycles. The highest BCUT2D eigenvalue weighted by Crippen LogP contribution is 2.40. The van der Waals surface area contributed by atoms with Crippen molar-refractivity contribution in [1.82, 2.24) is 10.3 Å². The lowest BCUT2D eigenvalue weighted by Gasteiger charge is -2.18. The third-order valence-corrected chi connectivity index (χ3v) is 6.46. The normalized spacial score (nSPS) is 24.4. The van der Waals surface area contributed by atoms with Crippen LogP contribution in [-0.4, -0.2) is 16.8 Å². The summed E-state index contributed by atoms with van der Waals surface area (Å²) >= 11 is 4.08. The SMILES string of the molecule is CCc1nc(C2CCCCS2)sc1CNC1CC1. The van der Waals surface area contributed by atoms with Crippen molar-refractivity contribution in [3.05, 3.63) is 15.6 Å². The van der Waals surface area contributed by atoms with Crippen molar-refractivity contribution in [2.75, 3.05) is 5.75 Å². The van der Waals surface area contributed by atoms with Crippen LogP contribution in [0.4, 0.5) is 0 Å². The maximum atomic E-state index is 4.91. The largest absolute Gasteiger partial charge is 0.309 e. The zero-order valence-corrected chi connectivity index (χ0v) is 12.7. The summed E-state index contributed by atoms with van der Waals surface area (Å²) in [4.78, 5) is 6.40. The molecule has 1 aliphatic carbocycles. The van der Waals surface area contributed by atoms with Gasteiger partial charge in [0.25, 0.3) is 0 Å². The van der Waals surface area contributed by atoms with Gasteiger partial charge in [-0.05, 0) is 37.9 Å². The van der Waals surface area contributed by atoms with Gasteiger partial charge in [-0.15, -0.1) is 11.3 Å². The summed E-state index contributed by atoms with van der Waals surface area (Å²) in [6.07, 6.45) is 7.92. The van der Waals surface area contributed by atoms with Crippen molar-refractivity contribution in [2.45, 2.75) is 63.3 Å². The monoisotopic (exact) mass is 282 g/mol. The van der Waals surface area contributed by atoms with Crippen LogP contribution >= 0.6 is 23.1 Å². The van der Waals surface area contributed by atoms with E-state index in [2.05, 4.69) is 24.0 Å². The van der Waals surface area contributed by atoms with E-state index < -0.39 is 0 Å². The second-order valence-electron chi connectivity index (χ2n) is 5.29. The average Bonchev–Trinajstić information content (AvgIpc) is 3.16. The predicted octanol–water partition coefficient (Wildman–Crippen LogP) is 3.92. The minimum Gasteiger partial charge on any atom is -0.309 e. The van der Waals surface area contributed by atoms with Crippen LogP contribution in [0.3, 0.4) is 0 Å². The zero-order chi connectivity index (χ0) is 12.4. The maximum absolute atomic E-state index is 4.91. The van der Waals surface area contributed by atoms with E-state index in [1.54, 1.807) is 0 Å². The van der Waals surface area contributed by atoms with Crippen LogP contribution in [0.1, 0.15) is 59.9 Å². The fraction of sp³-hybridized carbons (Fsp3) is 0.786. The van der Waals surface area contributed by atoms with Crippen LogP contribution in [0.5, 0.6) is 0 Å². The van der Waals surface area contributed by atoms with Crippen molar-refractivity contribution in [2.24, 2.45) is 0 Å². The summed E-state index contributed by atoms with van der Waals surface area (Å²) in [5, 5.41) is 5.70. The second-order valence-corrected chi connectivity index (χ2v) is 7.71. The van der Waals surface area contributed by atoms with E-state index in [1.807, 2.05) is 11.3 Å². The van der Waals surface area contributed by atoms with Gasteiger partial charge in [0.1, 0.15) is 5.01 Å². The summed E-state index contributed by atoms with van der Waals surface area (Å²) in [5.41, 5.74) is 1.34. The van der Waals surface area contributed by atoms with Crippen molar-refractivity contribution in [1.29, 1.82) is 0 Å². The van der Waals surface area contributed by atoms with Crippen molar-refractivity contribution in [3.8, 4) is 0 Å². The molecular formula is C14H22N2S2. The highest BCUT2D eigenvalue weighted by Gasteiger charge is 2.23. The van der Waals surface area contributed by atoms with E-state index >= 15 is 0 Å². The number of hydrogen-bond acceptors (Lipinski definition) is 4. The summed E-state index contributed by atoms with van der Waals surface area (Å²) in [5.74, 6) is 1.32. The molecule has 0 spiro atoms. The lowest BCUT2D eigenvalue weighted by atomic mass is 10.2. The van der Waals surface area contributed by atoms with Gasteiger partial charge in [-0.2, -0.15) is 11.8 Å².